The predicted octanol–water partition coefficient (Wildman–Crippen LogP) is 3.58. The standard InChI is InChI=1S/C11H13Cl2NO/c12-8-4-9(13)6-11(5-8)14-10-2-1-3-15-7-10/h4-6,10,14H,1-3,7H2. The molecule has 1 atom stereocenters. The Morgan fingerprint density at radius 1 is 1.20 bits per heavy atom. The molecule has 4 heteroatoms. The van der Waals surface area contributed by atoms with Gasteiger partial charge in [-0.1, -0.05) is 23.2 Å². The highest BCUT2D eigenvalue weighted by molar-refractivity contribution is 6.35. The van der Waals surface area contributed by atoms with Crippen molar-refractivity contribution in [1.82, 2.24) is 0 Å². The molecular weight excluding hydrogens is 233 g/mol. The van der Waals surface area contributed by atoms with Crippen LogP contribution in [-0.2, 0) is 4.74 Å². The number of anilines is 1. The van der Waals surface area contributed by atoms with Crippen LogP contribution in [0.15, 0.2) is 18.2 Å². The molecular formula is C11H13Cl2NO. The Bertz CT molecular complexity index is 317. The zero-order valence-electron chi connectivity index (χ0n) is 8.30. The lowest BCUT2D eigenvalue weighted by molar-refractivity contribution is 0.0876. The van der Waals surface area contributed by atoms with Crippen molar-refractivity contribution >= 4 is 28.9 Å². The van der Waals surface area contributed by atoms with Crippen LogP contribution in [0.4, 0.5) is 5.69 Å². The van der Waals surface area contributed by atoms with E-state index in [0.29, 0.717) is 16.1 Å². The Morgan fingerprint density at radius 2 is 1.93 bits per heavy atom. The third-order valence-corrected chi connectivity index (χ3v) is 2.83. The van der Waals surface area contributed by atoms with E-state index in [1.807, 2.05) is 12.1 Å². The minimum absolute atomic E-state index is 0.369. The fourth-order valence-corrected chi connectivity index (χ4v) is 2.25. The van der Waals surface area contributed by atoms with E-state index < -0.39 is 0 Å². The van der Waals surface area contributed by atoms with Gasteiger partial charge in [0.2, 0.25) is 0 Å². The molecule has 1 saturated heterocycles. The largest absolute Gasteiger partial charge is 0.380 e. The molecule has 1 N–H and O–H groups in total. The van der Waals surface area contributed by atoms with Gasteiger partial charge >= 0.3 is 0 Å². The quantitative estimate of drug-likeness (QED) is 0.861. The molecule has 1 aromatic carbocycles. The van der Waals surface area contributed by atoms with E-state index in [9.17, 15) is 0 Å². The molecule has 0 radical (unpaired) electrons. The van der Waals surface area contributed by atoms with Gasteiger partial charge in [-0.2, -0.15) is 0 Å². The molecule has 1 aliphatic rings. The highest BCUT2D eigenvalue weighted by atomic mass is 35.5. The summed E-state index contributed by atoms with van der Waals surface area (Å²) in [5, 5.41) is 4.68. The smallest absolute Gasteiger partial charge is 0.0667 e. The molecule has 2 rings (SSSR count). The van der Waals surface area contributed by atoms with Gasteiger partial charge < -0.3 is 10.1 Å². The second-order valence-electron chi connectivity index (χ2n) is 3.72. The minimum Gasteiger partial charge on any atom is -0.380 e. The number of nitrogens with one attached hydrogen (secondary N) is 1. The number of halogens is 2. The molecule has 1 fully saturated rings. The molecule has 0 aliphatic carbocycles. The van der Waals surface area contributed by atoms with E-state index in [4.69, 9.17) is 27.9 Å². The van der Waals surface area contributed by atoms with E-state index in [0.717, 1.165) is 31.7 Å². The number of benzene rings is 1. The van der Waals surface area contributed by atoms with E-state index in [-0.39, 0.29) is 0 Å². The summed E-state index contributed by atoms with van der Waals surface area (Å²) < 4.78 is 5.39. The van der Waals surface area contributed by atoms with Gasteiger partial charge in [0.05, 0.1) is 6.61 Å². The average Bonchev–Trinajstić information content (AvgIpc) is 2.17. The summed E-state index contributed by atoms with van der Waals surface area (Å²) in [5.74, 6) is 0. The molecule has 1 aromatic rings. The van der Waals surface area contributed by atoms with Crippen LogP contribution >= 0.6 is 23.2 Å². The van der Waals surface area contributed by atoms with Crippen LogP contribution in [0, 0.1) is 0 Å². The van der Waals surface area contributed by atoms with Crippen LogP contribution < -0.4 is 5.32 Å². The van der Waals surface area contributed by atoms with Gasteiger partial charge in [0, 0.05) is 28.4 Å². The van der Waals surface area contributed by atoms with Gasteiger partial charge in [0.25, 0.3) is 0 Å². The molecule has 2 nitrogen and oxygen atoms in total. The molecule has 0 spiro atoms. The van der Waals surface area contributed by atoms with Gasteiger partial charge in [-0.3, -0.25) is 0 Å². The zero-order valence-corrected chi connectivity index (χ0v) is 9.81. The third-order valence-electron chi connectivity index (χ3n) is 2.39. The van der Waals surface area contributed by atoms with Crippen LogP contribution in [0.25, 0.3) is 0 Å². The highest BCUT2D eigenvalue weighted by Gasteiger charge is 2.13. The first kappa shape index (κ1) is 11.1. The molecule has 0 bridgehead atoms. The molecule has 1 unspecified atom stereocenters. The Morgan fingerprint density at radius 3 is 2.53 bits per heavy atom. The number of ether oxygens (including phenoxy) is 1. The first-order valence-electron chi connectivity index (χ1n) is 5.04. The maximum Gasteiger partial charge on any atom is 0.0667 e. The second kappa shape index (κ2) is 5.06. The van der Waals surface area contributed by atoms with Crippen LogP contribution in [-0.4, -0.2) is 19.3 Å². The van der Waals surface area contributed by atoms with Gasteiger partial charge in [-0.05, 0) is 31.0 Å². The molecule has 0 amide bonds. The predicted molar refractivity (Wildman–Crippen MR) is 63.9 cm³/mol. The van der Waals surface area contributed by atoms with Crippen LogP contribution in [0.1, 0.15) is 12.8 Å². The van der Waals surface area contributed by atoms with Crippen molar-refractivity contribution in [3.05, 3.63) is 28.2 Å². The lowest BCUT2D eigenvalue weighted by Crippen LogP contribution is -2.29. The molecule has 0 aromatic heterocycles. The molecule has 82 valence electrons. The maximum atomic E-state index is 5.91. The molecule has 1 heterocycles. The Kier molecular flexibility index (Phi) is 3.73. The van der Waals surface area contributed by atoms with Crippen molar-refractivity contribution < 1.29 is 4.74 Å². The fourth-order valence-electron chi connectivity index (χ4n) is 1.73. The Labute approximate surface area is 99.5 Å². The number of rotatable bonds is 2. The summed E-state index contributed by atoms with van der Waals surface area (Å²) in [6, 6.07) is 5.85. The van der Waals surface area contributed by atoms with Crippen molar-refractivity contribution in [2.24, 2.45) is 0 Å². The topological polar surface area (TPSA) is 21.3 Å². The van der Waals surface area contributed by atoms with Crippen LogP contribution in [0.3, 0.4) is 0 Å². The highest BCUT2D eigenvalue weighted by Crippen LogP contribution is 2.24. The van der Waals surface area contributed by atoms with Crippen molar-refractivity contribution in [2.45, 2.75) is 18.9 Å². The van der Waals surface area contributed by atoms with Crippen molar-refractivity contribution in [3.8, 4) is 0 Å². The minimum atomic E-state index is 0.369. The van der Waals surface area contributed by atoms with Crippen LogP contribution in [0.2, 0.25) is 10.0 Å². The van der Waals surface area contributed by atoms with Gasteiger partial charge in [0.15, 0.2) is 0 Å². The third kappa shape index (κ3) is 3.26. The normalized spacial score (nSPS) is 21.3. The lowest BCUT2D eigenvalue weighted by Gasteiger charge is -2.24. The summed E-state index contributed by atoms with van der Waals surface area (Å²) in [7, 11) is 0. The maximum absolute atomic E-state index is 5.91. The van der Waals surface area contributed by atoms with Crippen molar-refractivity contribution in [1.29, 1.82) is 0 Å². The number of hydrogen-bond acceptors (Lipinski definition) is 2. The van der Waals surface area contributed by atoms with Crippen molar-refractivity contribution in [3.63, 3.8) is 0 Å². The summed E-state index contributed by atoms with van der Waals surface area (Å²) >= 11 is 11.8. The number of hydrogen-bond donors (Lipinski definition) is 1. The van der Waals surface area contributed by atoms with Gasteiger partial charge in [-0.25, -0.2) is 0 Å². The molecule has 15 heavy (non-hydrogen) atoms. The van der Waals surface area contributed by atoms with Gasteiger partial charge in [0.1, 0.15) is 0 Å². The van der Waals surface area contributed by atoms with E-state index in [2.05, 4.69) is 5.32 Å². The summed E-state index contributed by atoms with van der Waals surface area (Å²) in [6.45, 7) is 1.62. The van der Waals surface area contributed by atoms with E-state index in [1.165, 1.54) is 0 Å². The van der Waals surface area contributed by atoms with E-state index >= 15 is 0 Å². The SMILES string of the molecule is Clc1cc(Cl)cc(NC2CCCOC2)c1. The lowest BCUT2D eigenvalue weighted by atomic mass is 10.1. The van der Waals surface area contributed by atoms with Gasteiger partial charge in [-0.15, -0.1) is 0 Å². The average molecular weight is 246 g/mol. The fraction of sp³-hybridized carbons (Fsp3) is 0.455. The first-order valence-corrected chi connectivity index (χ1v) is 5.80. The summed E-state index contributed by atoms with van der Waals surface area (Å²) in [4.78, 5) is 0. The molecule has 1 aliphatic heterocycles. The molecule has 0 saturated carbocycles. The summed E-state index contributed by atoms with van der Waals surface area (Å²) in [6.07, 6.45) is 2.23. The second-order valence-corrected chi connectivity index (χ2v) is 4.59. The van der Waals surface area contributed by atoms with E-state index in [1.54, 1.807) is 6.07 Å². The summed E-state index contributed by atoms with van der Waals surface area (Å²) in [5.41, 5.74) is 0.961. The Balaban J connectivity index is 2.02. The van der Waals surface area contributed by atoms with Crippen LogP contribution in [0.5, 0.6) is 0 Å². The monoisotopic (exact) mass is 245 g/mol. The van der Waals surface area contributed by atoms with Crippen molar-refractivity contribution in [2.75, 3.05) is 18.5 Å². The zero-order chi connectivity index (χ0) is 10.7. The first-order chi connectivity index (χ1) is 7.24. The Hall–Kier alpha value is -0.440.